The lowest BCUT2D eigenvalue weighted by atomic mass is 10.1. The highest BCUT2D eigenvalue weighted by Gasteiger charge is 2.16. The van der Waals surface area contributed by atoms with Crippen LogP contribution in [0.15, 0.2) is 48.9 Å². The molecule has 0 fully saturated rings. The van der Waals surface area contributed by atoms with E-state index in [4.69, 9.17) is 4.74 Å². The second kappa shape index (κ2) is 7.99. The molecule has 0 bridgehead atoms. The number of carbonyl (C=O) groups is 1. The second-order valence-corrected chi connectivity index (χ2v) is 6.58. The summed E-state index contributed by atoms with van der Waals surface area (Å²) in [5.74, 6) is 1.27. The molecule has 2 heterocycles. The van der Waals surface area contributed by atoms with E-state index < -0.39 is 0 Å². The number of benzene rings is 1. The number of pyridine rings is 1. The molecule has 27 heavy (non-hydrogen) atoms. The predicted molar refractivity (Wildman–Crippen MR) is 102 cm³/mol. The van der Waals surface area contributed by atoms with Gasteiger partial charge in [-0.2, -0.15) is 0 Å². The van der Waals surface area contributed by atoms with Crippen LogP contribution in [0.4, 0.5) is 0 Å². The summed E-state index contributed by atoms with van der Waals surface area (Å²) in [6.45, 7) is 4.52. The first-order valence-corrected chi connectivity index (χ1v) is 8.74. The number of methoxy groups -OCH3 is 1. The molecule has 0 saturated carbocycles. The van der Waals surface area contributed by atoms with Crippen molar-refractivity contribution in [3.8, 4) is 17.0 Å². The van der Waals surface area contributed by atoms with E-state index in [0.717, 1.165) is 17.0 Å². The molecular formula is C20H23N5O2. The highest BCUT2D eigenvalue weighted by Crippen LogP contribution is 2.21. The molecule has 0 spiro atoms. The van der Waals surface area contributed by atoms with Crippen LogP contribution in [0.3, 0.4) is 0 Å². The lowest BCUT2D eigenvalue weighted by Gasteiger charge is -2.18. The van der Waals surface area contributed by atoms with Crippen molar-refractivity contribution < 1.29 is 9.53 Å². The van der Waals surface area contributed by atoms with Gasteiger partial charge in [0.25, 0.3) is 5.91 Å². The van der Waals surface area contributed by atoms with Crippen LogP contribution in [0, 0.1) is 0 Å². The molecule has 0 aliphatic carbocycles. The average molecular weight is 365 g/mol. The standard InChI is InChI=1S/C20H23N5O2/c1-14(2)25-13-22-23-18(25)12-24(3)20(26)16-7-5-15(6-8-16)17-9-10-19(27-4)21-11-17/h5-11,13-14H,12H2,1-4H3. The summed E-state index contributed by atoms with van der Waals surface area (Å²) in [5, 5.41) is 8.07. The van der Waals surface area contributed by atoms with Gasteiger partial charge >= 0.3 is 0 Å². The van der Waals surface area contributed by atoms with Gasteiger partial charge in [-0.1, -0.05) is 12.1 Å². The Morgan fingerprint density at radius 1 is 1.15 bits per heavy atom. The van der Waals surface area contributed by atoms with Crippen LogP contribution in [0.25, 0.3) is 11.1 Å². The quantitative estimate of drug-likeness (QED) is 0.671. The summed E-state index contributed by atoms with van der Waals surface area (Å²) in [6, 6.07) is 11.5. The van der Waals surface area contributed by atoms with Crippen molar-refractivity contribution in [2.24, 2.45) is 0 Å². The maximum absolute atomic E-state index is 12.7. The molecule has 0 unspecified atom stereocenters. The maximum Gasteiger partial charge on any atom is 0.254 e. The third kappa shape index (κ3) is 4.13. The summed E-state index contributed by atoms with van der Waals surface area (Å²) >= 11 is 0. The van der Waals surface area contributed by atoms with Crippen molar-refractivity contribution in [1.82, 2.24) is 24.6 Å². The third-order valence-corrected chi connectivity index (χ3v) is 4.34. The molecule has 7 nitrogen and oxygen atoms in total. The number of hydrogen-bond acceptors (Lipinski definition) is 5. The summed E-state index contributed by atoms with van der Waals surface area (Å²) in [5.41, 5.74) is 2.58. The van der Waals surface area contributed by atoms with Crippen LogP contribution in [0.2, 0.25) is 0 Å². The molecule has 0 atom stereocenters. The lowest BCUT2D eigenvalue weighted by molar-refractivity contribution is 0.0779. The molecule has 0 aliphatic rings. The molecule has 3 rings (SSSR count). The van der Waals surface area contributed by atoms with Crippen molar-refractivity contribution >= 4 is 5.91 Å². The predicted octanol–water partition coefficient (Wildman–Crippen LogP) is 3.20. The average Bonchev–Trinajstić information content (AvgIpc) is 3.16. The highest BCUT2D eigenvalue weighted by atomic mass is 16.5. The zero-order valence-electron chi connectivity index (χ0n) is 16.0. The van der Waals surface area contributed by atoms with Crippen LogP contribution in [-0.2, 0) is 6.54 Å². The van der Waals surface area contributed by atoms with Gasteiger partial charge in [-0.3, -0.25) is 4.79 Å². The zero-order chi connectivity index (χ0) is 19.4. The fraction of sp³-hybridized carbons (Fsp3) is 0.300. The first kappa shape index (κ1) is 18.6. The maximum atomic E-state index is 12.7. The molecular weight excluding hydrogens is 342 g/mol. The summed E-state index contributed by atoms with van der Waals surface area (Å²) < 4.78 is 7.04. The Bertz CT molecular complexity index is 901. The Balaban J connectivity index is 1.71. The van der Waals surface area contributed by atoms with E-state index in [2.05, 4.69) is 29.0 Å². The van der Waals surface area contributed by atoms with Crippen LogP contribution in [-0.4, -0.2) is 44.7 Å². The minimum absolute atomic E-state index is 0.0623. The zero-order valence-corrected chi connectivity index (χ0v) is 16.0. The molecule has 7 heteroatoms. The summed E-state index contributed by atoms with van der Waals surface area (Å²) in [4.78, 5) is 18.6. The fourth-order valence-corrected chi connectivity index (χ4v) is 2.79. The lowest BCUT2D eigenvalue weighted by Crippen LogP contribution is -2.28. The minimum atomic E-state index is -0.0623. The molecule has 0 N–H and O–H groups in total. The molecule has 3 aromatic rings. The van der Waals surface area contributed by atoms with Gasteiger partial charge < -0.3 is 14.2 Å². The molecule has 0 radical (unpaired) electrons. The topological polar surface area (TPSA) is 73.1 Å². The largest absolute Gasteiger partial charge is 0.481 e. The Morgan fingerprint density at radius 2 is 1.85 bits per heavy atom. The molecule has 2 aromatic heterocycles. The van der Waals surface area contributed by atoms with E-state index in [1.807, 2.05) is 41.0 Å². The van der Waals surface area contributed by atoms with Gasteiger partial charge in [0.05, 0.1) is 13.7 Å². The fourth-order valence-electron chi connectivity index (χ4n) is 2.79. The van der Waals surface area contributed by atoms with Crippen LogP contribution < -0.4 is 4.74 Å². The highest BCUT2D eigenvalue weighted by molar-refractivity contribution is 5.94. The monoisotopic (exact) mass is 365 g/mol. The molecule has 1 aromatic carbocycles. The Morgan fingerprint density at radius 3 is 2.44 bits per heavy atom. The van der Waals surface area contributed by atoms with E-state index in [-0.39, 0.29) is 11.9 Å². The molecule has 0 saturated heterocycles. The van der Waals surface area contributed by atoms with Crippen LogP contribution >= 0.6 is 0 Å². The normalized spacial score (nSPS) is 10.9. The van der Waals surface area contributed by atoms with Crippen LogP contribution in [0.5, 0.6) is 5.88 Å². The van der Waals surface area contributed by atoms with Gasteiger partial charge in [-0.15, -0.1) is 10.2 Å². The minimum Gasteiger partial charge on any atom is -0.481 e. The number of carbonyl (C=O) groups excluding carboxylic acids is 1. The van der Waals surface area contributed by atoms with Gasteiger partial charge in [0.1, 0.15) is 6.33 Å². The first-order chi connectivity index (χ1) is 13.0. The summed E-state index contributed by atoms with van der Waals surface area (Å²) in [7, 11) is 3.35. The van der Waals surface area contributed by atoms with Crippen molar-refractivity contribution in [3.05, 3.63) is 60.3 Å². The van der Waals surface area contributed by atoms with Crippen molar-refractivity contribution in [2.45, 2.75) is 26.4 Å². The summed E-state index contributed by atoms with van der Waals surface area (Å²) in [6.07, 6.45) is 3.44. The number of amides is 1. The van der Waals surface area contributed by atoms with E-state index >= 15 is 0 Å². The second-order valence-electron chi connectivity index (χ2n) is 6.58. The Hall–Kier alpha value is -3.22. The van der Waals surface area contributed by atoms with Gasteiger partial charge in [0, 0.05) is 36.5 Å². The molecule has 0 aliphatic heterocycles. The smallest absolute Gasteiger partial charge is 0.254 e. The number of nitrogens with zero attached hydrogens (tertiary/aromatic N) is 5. The Labute approximate surface area is 158 Å². The van der Waals surface area contributed by atoms with Gasteiger partial charge in [0.2, 0.25) is 5.88 Å². The number of aromatic nitrogens is 4. The van der Waals surface area contributed by atoms with E-state index in [1.54, 1.807) is 31.6 Å². The van der Waals surface area contributed by atoms with E-state index in [0.29, 0.717) is 18.0 Å². The number of hydrogen-bond donors (Lipinski definition) is 0. The molecule has 1 amide bonds. The Kier molecular flexibility index (Phi) is 5.49. The van der Waals surface area contributed by atoms with Crippen LogP contribution in [0.1, 0.15) is 36.1 Å². The van der Waals surface area contributed by atoms with Crippen molar-refractivity contribution in [1.29, 1.82) is 0 Å². The van der Waals surface area contributed by atoms with Crippen molar-refractivity contribution in [2.75, 3.05) is 14.2 Å². The number of rotatable bonds is 6. The SMILES string of the molecule is COc1ccc(-c2ccc(C(=O)N(C)Cc3nncn3C(C)C)cc2)cn1. The van der Waals surface area contributed by atoms with Gasteiger partial charge in [-0.25, -0.2) is 4.98 Å². The van der Waals surface area contributed by atoms with Crippen molar-refractivity contribution in [3.63, 3.8) is 0 Å². The third-order valence-electron chi connectivity index (χ3n) is 4.34. The number of ether oxygens (including phenoxy) is 1. The van der Waals surface area contributed by atoms with E-state index in [9.17, 15) is 4.79 Å². The van der Waals surface area contributed by atoms with E-state index in [1.165, 1.54) is 0 Å². The van der Waals surface area contributed by atoms with Gasteiger partial charge in [-0.05, 0) is 37.6 Å². The first-order valence-electron chi connectivity index (χ1n) is 8.74. The van der Waals surface area contributed by atoms with Gasteiger partial charge in [0.15, 0.2) is 5.82 Å². The molecule has 140 valence electrons.